The molecule has 4 nitrogen and oxygen atoms in total. The van der Waals surface area contributed by atoms with Gasteiger partial charge in [-0.3, -0.25) is 4.79 Å². The number of aromatic carboxylic acids is 1. The largest absolute Gasteiger partial charge is 0.478 e. The maximum atomic E-state index is 12.6. The highest BCUT2D eigenvalue weighted by atomic mass is 35.5. The minimum Gasteiger partial charge on any atom is -0.478 e. The predicted octanol–water partition coefficient (Wildman–Crippen LogP) is 4.75. The van der Waals surface area contributed by atoms with Gasteiger partial charge in [0.2, 0.25) is 0 Å². The van der Waals surface area contributed by atoms with Gasteiger partial charge in [0.25, 0.3) is 5.91 Å². The second kappa shape index (κ2) is 6.34. The fraction of sp³-hybridized carbons (Fsp3) is 0.0526. The van der Waals surface area contributed by atoms with E-state index in [0.29, 0.717) is 11.3 Å². The average molecular weight is 340 g/mol. The number of aryl methyl sites for hydroxylation is 1. The molecular formula is C19H14ClNO3. The molecule has 0 aliphatic carbocycles. The highest BCUT2D eigenvalue weighted by Crippen LogP contribution is 2.25. The summed E-state index contributed by atoms with van der Waals surface area (Å²) in [6.45, 7) is 1.99. The molecule has 0 fully saturated rings. The summed E-state index contributed by atoms with van der Waals surface area (Å²) >= 11 is 5.85. The van der Waals surface area contributed by atoms with Gasteiger partial charge in [-0.15, -0.1) is 0 Å². The van der Waals surface area contributed by atoms with Crippen LogP contribution in [0.25, 0.3) is 10.8 Å². The lowest BCUT2D eigenvalue weighted by Gasteiger charge is -2.10. The molecule has 0 aliphatic rings. The first kappa shape index (κ1) is 16.0. The van der Waals surface area contributed by atoms with Crippen LogP contribution < -0.4 is 5.32 Å². The Kier molecular flexibility index (Phi) is 4.23. The number of carbonyl (C=O) groups excluding carboxylic acids is 1. The number of halogens is 1. The summed E-state index contributed by atoms with van der Waals surface area (Å²) in [5, 5.41) is 13.8. The van der Waals surface area contributed by atoms with Crippen molar-refractivity contribution in [1.82, 2.24) is 0 Å². The monoisotopic (exact) mass is 339 g/mol. The number of carboxylic acids is 1. The number of carboxylic acid groups (broad SMARTS) is 1. The van der Waals surface area contributed by atoms with Crippen LogP contribution in [-0.2, 0) is 0 Å². The Morgan fingerprint density at radius 2 is 1.67 bits per heavy atom. The zero-order chi connectivity index (χ0) is 17.3. The summed E-state index contributed by atoms with van der Waals surface area (Å²) in [4.78, 5) is 23.8. The summed E-state index contributed by atoms with van der Waals surface area (Å²) in [6.07, 6.45) is 0. The first-order valence-corrected chi connectivity index (χ1v) is 7.67. The molecule has 3 aromatic rings. The molecular weight excluding hydrogens is 326 g/mol. The minimum atomic E-state index is -1.14. The molecule has 3 rings (SSSR count). The highest BCUT2D eigenvalue weighted by Gasteiger charge is 2.14. The molecule has 5 heteroatoms. The molecule has 0 bridgehead atoms. The summed E-state index contributed by atoms with van der Waals surface area (Å²) < 4.78 is 0. The van der Waals surface area contributed by atoms with E-state index in [1.54, 1.807) is 12.1 Å². The number of hydrogen-bond acceptors (Lipinski definition) is 2. The number of amides is 1. The maximum Gasteiger partial charge on any atom is 0.337 e. The van der Waals surface area contributed by atoms with E-state index in [9.17, 15) is 9.59 Å². The third-order valence-electron chi connectivity index (χ3n) is 3.84. The first-order chi connectivity index (χ1) is 11.5. The van der Waals surface area contributed by atoms with Crippen molar-refractivity contribution < 1.29 is 14.7 Å². The Hall–Kier alpha value is -2.85. The third-order valence-corrected chi connectivity index (χ3v) is 4.17. The lowest BCUT2D eigenvalue weighted by molar-refractivity contribution is 0.0696. The van der Waals surface area contributed by atoms with Gasteiger partial charge in [0, 0.05) is 11.3 Å². The fourth-order valence-electron chi connectivity index (χ4n) is 2.61. The van der Waals surface area contributed by atoms with Gasteiger partial charge in [0.05, 0.1) is 10.6 Å². The number of fused-ring (bicyclic) bond motifs is 1. The lowest BCUT2D eigenvalue weighted by Crippen LogP contribution is -2.13. The van der Waals surface area contributed by atoms with Crippen LogP contribution in [0.2, 0.25) is 5.02 Å². The lowest BCUT2D eigenvalue weighted by atomic mass is 10.00. The van der Waals surface area contributed by atoms with E-state index in [4.69, 9.17) is 16.7 Å². The number of benzene rings is 3. The molecule has 0 heterocycles. The molecule has 1 amide bonds. The quantitative estimate of drug-likeness (QED) is 0.723. The summed E-state index contributed by atoms with van der Waals surface area (Å²) in [5.41, 5.74) is 1.94. The molecule has 0 saturated carbocycles. The Bertz CT molecular complexity index is 966. The second-order valence-corrected chi connectivity index (χ2v) is 5.84. The molecule has 0 atom stereocenters. The Labute approximate surface area is 143 Å². The van der Waals surface area contributed by atoms with Gasteiger partial charge in [0.15, 0.2) is 0 Å². The number of anilines is 1. The first-order valence-electron chi connectivity index (χ1n) is 7.30. The van der Waals surface area contributed by atoms with E-state index in [-0.39, 0.29) is 16.5 Å². The van der Waals surface area contributed by atoms with Crippen molar-refractivity contribution in [1.29, 1.82) is 0 Å². The van der Waals surface area contributed by atoms with Crippen LogP contribution in [0.15, 0.2) is 54.6 Å². The van der Waals surface area contributed by atoms with E-state index in [1.807, 2.05) is 37.3 Å². The fourth-order valence-corrected chi connectivity index (χ4v) is 2.81. The van der Waals surface area contributed by atoms with Crippen LogP contribution in [0, 0.1) is 6.92 Å². The average Bonchev–Trinajstić information content (AvgIpc) is 2.57. The van der Waals surface area contributed by atoms with Crippen LogP contribution in [0.3, 0.4) is 0 Å². The van der Waals surface area contributed by atoms with Gasteiger partial charge in [0.1, 0.15) is 0 Å². The van der Waals surface area contributed by atoms with Crippen molar-refractivity contribution in [3.63, 3.8) is 0 Å². The van der Waals surface area contributed by atoms with Gasteiger partial charge < -0.3 is 10.4 Å². The molecule has 24 heavy (non-hydrogen) atoms. The van der Waals surface area contributed by atoms with E-state index >= 15 is 0 Å². The SMILES string of the molecule is Cc1ccc(C(=O)Nc2ccc(Cl)c(C(=O)O)c2)c2ccccc12. The van der Waals surface area contributed by atoms with Crippen molar-refractivity contribution in [3.8, 4) is 0 Å². The Morgan fingerprint density at radius 3 is 2.38 bits per heavy atom. The Morgan fingerprint density at radius 1 is 0.958 bits per heavy atom. The number of nitrogens with one attached hydrogen (secondary N) is 1. The number of rotatable bonds is 3. The van der Waals surface area contributed by atoms with Crippen molar-refractivity contribution in [3.05, 3.63) is 76.3 Å². The van der Waals surface area contributed by atoms with E-state index in [2.05, 4.69) is 5.32 Å². The Balaban J connectivity index is 1.98. The molecule has 120 valence electrons. The molecule has 3 aromatic carbocycles. The smallest absolute Gasteiger partial charge is 0.337 e. The molecule has 2 N–H and O–H groups in total. The van der Waals surface area contributed by atoms with Gasteiger partial charge >= 0.3 is 5.97 Å². The van der Waals surface area contributed by atoms with Crippen LogP contribution >= 0.6 is 11.6 Å². The normalized spacial score (nSPS) is 10.6. The van der Waals surface area contributed by atoms with Crippen molar-refractivity contribution in [2.45, 2.75) is 6.92 Å². The summed E-state index contributed by atoms with van der Waals surface area (Å²) in [6, 6.07) is 15.7. The van der Waals surface area contributed by atoms with E-state index < -0.39 is 5.97 Å². The van der Waals surface area contributed by atoms with Crippen molar-refractivity contribution in [2.24, 2.45) is 0 Å². The second-order valence-electron chi connectivity index (χ2n) is 5.43. The minimum absolute atomic E-state index is 0.0526. The van der Waals surface area contributed by atoms with Gasteiger partial charge in [-0.1, -0.05) is 41.9 Å². The predicted molar refractivity (Wildman–Crippen MR) is 95.0 cm³/mol. The van der Waals surface area contributed by atoms with Crippen LogP contribution in [0.4, 0.5) is 5.69 Å². The molecule has 0 aliphatic heterocycles. The zero-order valence-electron chi connectivity index (χ0n) is 12.8. The van der Waals surface area contributed by atoms with Crippen molar-refractivity contribution in [2.75, 3.05) is 5.32 Å². The van der Waals surface area contributed by atoms with Gasteiger partial charge in [-0.2, -0.15) is 0 Å². The number of hydrogen-bond donors (Lipinski definition) is 2. The summed E-state index contributed by atoms with van der Waals surface area (Å²) in [5.74, 6) is -1.44. The van der Waals surface area contributed by atoms with Crippen LogP contribution in [0.5, 0.6) is 0 Å². The molecule has 0 unspecified atom stereocenters. The van der Waals surface area contributed by atoms with Gasteiger partial charge in [-0.05, 0) is 47.5 Å². The molecule has 0 aromatic heterocycles. The molecule has 0 radical (unpaired) electrons. The summed E-state index contributed by atoms with van der Waals surface area (Å²) in [7, 11) is 0. The van der Waals surface area contributed by atoms with Crippen LogP contribution in [0.1, 0.15) is 26.3 Å². The van der Waals surface area contributed by atoms with E-state index in [0.717, 1.165) is 16.3 Å². The third kappa shape index (κ3) is 2.96. The zero-order valence-corrected chi connectivity index (χ0v) is 13.6. The van der Waals surface area contributed by atoms with Crippen LogP contribution in [-0.4, -0.2) is 17.0 Å². The topological polar surface area (TPSA) is 66.4 Å². The molecule has 0 saturated heterocycles. The maximum absolute atomic E-state index is 12.6. The highest BCUT2D eigenvalue weighted by molar-refractivity contribution is 6.33. The van der Waals surface area contributed by atoms with Gasteiger partial charge in [-0.25, -0.2) is 4.79 Å². The van der Waals surface area contributed by atoms with E-state index in [1.165, 1.54) is 12.1 Å². The standard InChI is InChI=1S/C19H14ClNO3/c1-11-6-8-15(14-5-3-2-4-13(11)14)18(22)21-12-7-9-17(20)16(10-12)19(23)24/h2-10H,1H3,(H,21,22)(H,23,24). The number of carbonyl (C=O) groups is 2. The van der Waals surface area contributed by atoms with Crippen molar-refractivity contribution >= 4 is 39.9 Å². The molecule has 0 spiro atoms.